The summed E-state index contributed by atoms with van der Waals surface area (Å²) in [5.74, 6) is -0.404. The number of thiazole rings is 1. The maximum absolute atomic E-state index is 12.1. The van der Waals surface area contributed by atoms with Gasteiger partial charge in [0.2, 0.25) is 5.91 Å². The van der Waals surface area contributed by atoms with Crippen LogP contribution in [0.25, 0.3) is 10.6 Å². The number of carbonyl (C=O) groups excluding carboxylic acids is 2. The molecule has 0 bridgehead atoms. The molecule has 2 N–H and O–H groups in total. The van der Waals surface area contributed by atoms with Crippen molar-refractivity contribution in [2.24, 2.45) is 0 Å². The van der Waals surface area contributed by atoms with Gasteiger partial charge in [0.25, 0.3) is 5.91 Å². The van der Waals surface area contributed by atoms with Gasteiger partial charge in [0, 0.05) is 23.4 Å². The molecule has 3 rings (SSSR count). The molecule has 0 radical (unpaired) electrons. The van der Waals surface area contributed by atoms with E-state index in [1.54, 1.807) is 17.5 Å². The van der Waals surface area contributed by atoms with Crippen LogP contribution in [0.3, 0.4) is 0 Å². The summed E-state index contributed by atoms with van der Waals surface area (Å²) in [5, 5.41) is 7.87. The van der Waals surface area contributed by atoms with E-state index >= 15 is 0 Å². The summed E-state index contributed by atoms with van der Waals surface area (Å²) in [4.78, 5) is 37.7. The van der Waals surface area contributed by atoms with Gasteiger partial charge in [0.15, 0.2) is 5.13 Å². The molecule has 9 heteroatoms. The van der Waals surface area contributed by atoms with Gasteiger partial charge in [0.1, 0.15) is 5.69 Å². The second kappa shape index (κ2) is 7.49. The number of aryl methyl sites for hydroxylation is 1. The van der Waals surface area contributed by atoms with E-state index in [-0.39, 0.29) is 17.5 Å². The highest BCUT2D eigenvalue weighted by atomic mass is 32.1. The third-order valence-corrected chi connectivity index (χ3v) is 5.03. The Morgan fingerprint density at radius 1 is 1.20 bits per heavy atom. The minimum absolute atomic E-state index is 0.0622. The maximum atomic E-state index is 12.1. The quantitative estimate of drug-likeness (QED) is 0.717. The van der Waals surface area contributed by atoms with E-state index < -0.39 is 0 Å². The fourth-order valence-electron chi connectivity index (χ4n) is 1.94. The Hall–Kier alpha value is -2.65. The fourth-order valence-corrected chi connectivity index (χ4v) is 3.63. The van der Waals surface area contributed by atoms with Gasteiger partial charge in [0.05, 0.1) is 29.0 Å². The van der Waals surface area contributed by atoms with Crippen molar-refractivity contribution < 1.29 is 9.59 Å². The standard InChI is InChI=1S/C16H15N5O2S2/c1-9-5-19-12(7-17-9)15(23)21-16-20-13(8-24-16)14-4-3-11(25-14)6-18-10(2)22/h3-5,7-8H,6H2,1-2H3,(H,18,22)(H,20,21,23). The first-order valence-corrected chi connectivity index (χ1v) is 9.10. The molecule has 0 fully saturated rings. The monoisotopic (exact) mass is 373 g/mol. The van der Waals surface area contributed by atoms with Gasteiger partial charge in [-0.3, -0.25) is 19.9 Å². The molecule has 0 aromatic carbocycles. The van der Waals surface area contributed by atoms with Crippen LogP contribution in [0.15, 0.2) is 29.9 Å². The molecule has 0 aliphatic carbocycles. The predicted octanol–water partition coefficient (Wildman–Crippen LogP) is 2.86. The van der Waals surface area contributed by atoms with Gasteiger partial charge >= 0.3 is 0 Å². The van der Waals surface area contributed by atoms with Crippen LogP contribution in [0, 0.1) is 6.92 Å². The molecule has 0 unspecified atom stereocenters. The number of hydrogen-bond acceptors (Lipinski definition) is 7. The van der Waals surface area contributed by atoms with E-state index in [1.165, 1.54) is 24.5 Å². The molecule has 0 saturated heterocycles. The number of nitrogens with zero attached hydrogens (tertiary/aromatic N) is 3. The van der Waals surface area contributed by atoms with Crippen molar-refractivity contribution in [1.29, 1.82) is 0 Å². The Kier molecular flexibility index (Phi) is 5.15. The van der Waals surface area contributed by atoms with Crippen molar-refractivity contribution in [1.82, 2.24) is 20.3 Å². The number of hydrogen-bond donors (Lipinski definition) is 2. The summed E-state index contributed by atoms with van der Waals surface area (Å²) < 4.78 is 0. The zero-order chi connectivity index (χ0) is 17.8. The molecule has 128 valence electrons. The molecule has 3 heterocycles. The summed E-state index contributed by atoms with van der Waals surface area (Å²) in [5.41, 5.74) is 1.78. The number of rotatable bonds is 5. The van der Waals surface area contributed by atoms with Crippen LogP contribution >= 0.6 is 22.7 Å². The van der Waals surface area contributed by atoms with E-state index in [9.17, 15) is 9.59 Å². The molecular formula is C16H15N5O2S2. The molecule has 0 spiro atoms. The van der Waals surface area contributed by atoms with E-state index in [0.717, 1.165) is 21.1 Å². The highest BCUT2D eigenvalue weighted by molar-refractivity contribution is 7.17. The number of aromatic nitrogens is 3. The molecule has 0 aliphatic heterocycles. The lowest BCUT2D eigenvalue weighted by atomic mass is 10.3. The van der Waals surface area contributed by atoms with Crippen LogP contribution in [0.1, 0.15) is 28.0 Å². The minimum atomic E-state index is -0.342. The predicted molar refractivity (Wildman–Crippen MR) is 97.7 cm³/mol. The van der Waals surface area contributed by atoms with Gasteiger partial charge in [-0.2, -0.15) is 0 Å². The molecule has 25 heavy (non-hydrogen) atoms. The zero-order valence-electron chi connectivity index (χ0n) is 13.6. The van der Waals surface area contributed by atoms with Crippen LogP contribution in [0.4, 0.5) is 5.13 Å². The average molecular weight is 373 g/mol. The van der Waals surface area contributed by atoms with Crippen LogP contribution in [-0.4, -0.2) is 26.8 Å². The van der Waals surface area contributed by atoms with Crippen LogP contribution in [-0.2, 0) is 11.3 Å². The minimum Gasteiger partial charge on any atom is -0.351 e. The Balaban J connectivity index is 1.67. The number of carbonyl (C=O) groups is 2. The fraction of sp³-hybridized carbons (Fsp3) is 0.188. The van der Waals surface area contributed by atoms with Gasteiger partial charge < -0.3 is 5.32 Å². The normalized spacial score (nSPS) is 10.5. The van der Waals surface area contributed by atoms with Gasteiger partial charge in [-0.05, 0) is 19.1 Å². The van der Waals surface area contributed by atoms with Gasteiger partial charge in [-0.25, -0.2) is 9.97 Å². The first-order valence-electron chi connectivity index (χ1n) is 7.40. The van der Waals surface area contributed by atoms with E-state index in [1.807, 2.05) is 24.4 Å². The SMILES string of the molecule is CC(=O)NCc1ccc(-c2csc(NC(=O)c3cnc(C)cn3)n2)s1. The van der Waals surface area contributed by atoms with Crippen molar-refractivity contribution in [2.45, 2.75) is 20.4 Å². The first kappa shape index (κ1) is 17.2. The largest absolute Gasteiger partial charge is 0.351 e. The first-order chi connectivity index (χ1) is 12.0. The third kappa shape index (κ3) is 4.46. The van der Waals surface area contributed by atoms with Crippen molar-refractivity contribution >= 4 is 39.6 Å². The Bertz CT molecular complexity index is 901. The Morgan fingerprint density at radius 3 is 2.76 bits per heavy atom. The van der Waals surface area contributed by atoms with E-state index in [0.29, 0.717) is 11.7 Å². The Morgan fingerprint density at radius 2 is 2.04 bits per heavy atom. The topological polar surface area (TPSA) is 96.9 Å². The lowest BCUT2D eigenvalue weighted by Crippen LogP contribution is -2.17. The van der Waals surface area contributed by atoms with Crippen molar-refractivity contribution in [3.63, 3.8) is 0 Å². The second-order valence-electron chi connectivity index (χ2n) is 5.21. The van der Waals surface area contributed by atoms with Crippen LogP contribution < -0.4 is 10.6 Å². The Labute approximate surface area is 152 Å². The molecule has 3 aromatic rings. The summed E-state index contributed by atoms with van der Waals surface area (Å²) in [6.07, 6.45) is 2.98. The number of nitrogens with one attached hydrogen (secondary N) is 2. The summed E-state index contributed by atoms with van der Waals surface area (Å²) >= 11 is 2.90. The number of amides is 2. The van der Waals surface area contributed by atoms with Crippen molar-refractivity contribution in [2.75, 3.05) is 5.32 Å². The lowest BCUT2D eigenvalue weighted by Gasteiger charge is -2.00. The van der Waals surface area contributed by atoms with E-state index in [2.05, 4.69) is 25.6 Å². The van der Waals surface area contributed by atoms with E-state index in [4.69, 9.17) is 0 Å². The second-order valence-corrected chi connectivity index (χ2v) is 7.24. The molecule has 0 aliphatic rings. The van der Waals surface area contributed by atoms with Gasteiger partial charge in [-0.15, -0.1) is 22.7 Å². The van der Waals surface area contributed by atoms with Crippen LogP contribution in [0.5, 0.6) is 0 Å². The zero-order valence-corrected chi connectivity index (χ0v) is 15.2. The van der Waals surface area contributed by atoms with Gasteiger partial charge in [-0.1, -0.05) is 0 Å². The lowest BCUT2D eigenvalue weighted by molar-refractivity contribution is -0.119. The average Bonchev–Trinajstić information content (AvgIpc) is 3.22. The highest BCUT2D eigenvalue weighted by Crippen LogP contribution is 2.30. The molecule has 0 saturated carbocycles. The summed E-state index contributed by atoms with van der Waals surface area (Å²) in [7, 11) is 0. The highest BCUT2D eigenvalue weighted by Gasteiger charge is 2.12. The molecule has 0 atom stereocenters. The van der Waals surface area contributed by atoms with Crippen molar-refractivity contribution in [3.8, 4) is 10.6 Å². The summed E-state index contributed by atoms with van der Waals surface area (Å²) in [6, 6.07) is 3.91. The molecule has 3 aromatic heterocycles. The maximum Gasteiger partial charge on any atom is 0.277 e. The third-order valence-electron chi connectivity index (χ3n) is 3.16. The number of anilines is 1. The van der Waals surface area contributed by atoms with Crippen molar-refractivity contribution in [3.05, 3.63) is 46.2 Å². The number of thiophene rings is 1. The molecular weight excluding hydrogens is 358 g/mol. The molecule has 7 nitrogen and oxygen atoms in total. The summed E-state index contributed by atoms with van der Waals surface area (Å²) in [6.45, 7) is 3.80. The van der Waals surface area contributed by atoms with Crippen LogP contribution in [0.2, 0.25) is 0 Å². The smallest absolute Gasteiger partial charge is 0.277 e. The molecule has 2 amide bonds.